The predicted molar refractivity (Wildman–Crippen MR) is 78.2 cm³/mol. The maximum absolute atomic E-state index is 5.24. The van der Waals surface area contributed by atoms with E-state index >= 15 is 0 Å². The zero-order chi connectivity index (χ0) is 13.5. The molecule has 0 aliphatic heterocycles. The van der Waals surface area contributed by atoms with Crippen LogP contribution in [-0.4, -0.2) is 18.6 Å². The molecule has 0 unspecified atom stereocenters. The van der Waals surface area contributed by atoms with E-state index in [0.717, 1.165) is 30.8 Å². The molecule has 2 rings (SSSR count). The smallest absolute Gasteiger partial charge is 0.137 e. The van der Waals surface area contributed by atoms with Crippen molar-refractivity contribution < 1.29 is 4.74 Å². The number of methoxy groups -OCH3 is 1. The first-order valence-corrected chi connectivity index (χ1v) is 6.63. The molecule has 0 aliphatic rings. The van der Waals surface area contributed by atoms with Crippen LogP contribution >= 0.6 is 0 Å². The Hall–Kier alpha value is -1.87. The van der Waals surface area contributed by atoms with E-state index in [1.54, 1.807) is 13.3 Å². The Balaban J connectivity index is 2.27. The third kappa shape index (κ3) is 3.55. The van der Waals surface area contributed by atoms with E-state index in [9.17, 15) is 0 Å². The third-order valence-corrected chi connectivity index (χ3v) is 3.02. The minimum absolute atomic E-state index is 0.786. The van der Waals surface area contributed by atoms with Crippen LogP contribution in [0.25, 0.3) is 11.1 Å². The molecular weight excluding hydrogens is 236 g/mol. The van der Waals surface area contributed by atoms with Gasteiger partial charge in [0.2, 0.25) is 0 Å². The second-order valence-electron chi connectivity index (χ2n) is 4.45. The van der Waals surface area contributed by atoms with Crippen molar-refractivity contribution in [2.75, 3.05) is 13.7 Å². The van der Waals surface area contributed by atoms with Crippen molar-refractivity contribution in [3.8, 4) is 16.9 Å². The number of benzene rings is 1. The first-order valence-electron chi connectivity index (χ1n) is 6.63. The van der Waals surface area contributed by atoms with E-state index in [-0.39, 0.29) is 0 Å². The van der Waals surface area contributed by atoms with Gasteiger partial charge in [-0.1, -0.05) is 31.2 Å². The molecular formula is C16H20N2O. The maximum atomic E-state index is 5.24. The summed E-state index contributed by atoms with van der Waals surface area (Å²) in [4.78, 5) is 4.22. The molecule has 0 aliphatic carbocycles. The molecule has 0 spiro atoms. The number of rotatable bonds is 6. The van der Waals surface area contributed by atoms with Crippen LogP contribution in [0, 0.1) is 0 Å². The van der Waals surface area contributed by atoms with Crippen LogP contribution in [0.5, 0.6) is 5.75 Å². The Morgan fingerprint density at radius 1 is 1.21 bits per heavy atom. The Morgan fingerprint density at radius 3 is 2.84 bits per heavy atom. The van der Waals surface area contributed by atoms with E-state index in [1.165, 1.54) is 11.1 Å². The van der Waals surface area contributed by atoms with Crippen LogP contribution in [0.4, 0.5) is 0 Å². The highest BCUT2D eigenvalue weighted by Crippen LogP contribution is 2.25. The topological polar surface area (TPSA) is 34.2 Å². The lowest BCUT2D eigenvalue weighted by Gasteiger charge is -2.11. The van der Waals surface area contributed by atoms with Crippen molar-refractivity contribution in [1.29, 1.82) is 0 Å². The monoisotopic (exact) mass is 256 g/mol. The standard InChI is InChI=1S/C16H20N2O/c1-3-8-17-10-13-6-4-5-7-16(13)14-9-15(19-2)12-18-11-14/h4-7,9,11-12,17H,3,8,10H2,1-2H3. The summed E-state index contributed by atoms with van der Waals surface area (Å²) in [5, 5.41) is 3.44. The molecule has 3 heteroatoms. The van der Waals surface area contributed by atoms with E-state index in [4.69, 9.17) is 4.74 Å². The van der Waals surface area contributed by atoms with Gasteiger partial charge in [0.1, 0.15) is 5.75 Å². The van der Waals surface area contributed by atoms with Gasteiger partial charge in [-0.05, 0) is 30.2 Å². The van der Waals surface area contributed by atoms with Crippen molar-refractivity contribution in [2.24, 2.45) is 0 Å². The lowest BCUT2D eigenvalue weighted by Crippen LogP contribution is -2.14. The van der Waals surface area contributed by atoms with Crippen molar-refractivity contribution >= 4 is 0 Å². The van der Waals surface area contributed by atoms with E-state index in [0.29, 0.717) is 0 Å². The van der Waals surface area contributed by atoms with Crippen LogP contribution < -0.4 is 10.1 Å². The molecule has 2 aromatic rings. The Labute approximate surface area is 114 Å². The van der Waals surface area contributed by atoms with Gasteiger partial charge < -0.3 is 10.1 Å². The van der Waals surface area contributed by atoms with E-state index in [2.05, 4.69) is 41.5 Å². The summed E-state index contributed by atoms with van der Waals surface area (Å²) in [6.45, 7) is 4.08. The number of hydrogen-bond donors (Lipinski definition) is 1. The molecule has 0 fully saturated rings. The molecule has 3 nitrogen and oxygen atoms in total. The number of hydrogen-bond acceptors (Lipinski definition) is 3. The second-order valence-corrected chi connectivity index (χ2v) is 4.45. The first-order chi connectivity index (χ1) is 9.35. The van der Waals surface area contributed by atoms with Crippen LogP contribution in [-0.2, 0) is 6.54 Å². The lowest BCUT2D eigenvalue weighted by molar-refractivity contribution is 0.413. The van der Waals surface area contributed by atoms with Gasteiger partial charge in [-0.25, -0.2) is 0 Å². The van der Waals surface area contributed by atoms with Gasteiger partial charge in [0.05, 0.1) is 13.3 Å². The first kappa shape index (κ1) is 13.6. The van der Waals surface area contributed by atoms with Crippen LogP contribution in [0.1, 0.15) is 18.9 Å². The summed E-state index contributed by atoms with van der Waals surface area (Å²) in [5.74, 6) is 0.786. The molecule has 1 aromatic heterocycles. The minimum atomic E-state index is 0.786. The molecule has 1 aromatic carbocycles. The number of nitrogens with zero attached hydrogens (tertiary/aromatic N) is 1. The number of aromatic nitrogens is 1. The fraction of sp³-hybridized carbons (Fsp3) is 0.312. The predicted octanol–water partition coefficient (Wildman–Crippen LogP) is 3.26. The van der Waals surface area contributed by atoms with Gasteiger partial charge in [0.15, 0.2) is 0 Å². The normalized spacial score (nSPS) is 10.4. The summed E-state index contributed by atoms with van der Waals surface area (Å²) < 4.78 is 5.24. The van der Waals surface area contributed by atoms with Gasteiger partial charge in [-0.3, -0.25) is 4.98 Å². The molecule has 0 atom stereocenters. The summed E-state index contributed by atoms with van der Waals surface area (Å²) >= 11 is 0. The van der Waals surface area contributed by atoms with Crippen molar-refractivity contribution in [1.82, 2.24) is 10.3 Å². The van der Waals surface area contributed by atoms with Crippen LogP contribution in [0.15, 0.2) is 42.7 Å². The van der Waals surface area contributed by atoms with Gasteiger partial charge in [-0.2, -0.15) is 0 Å². The third-order valence-electron chi connectivity index (χ3n) is 3.02. The molecule has 0 saturated heterocycles. The average Bonchev–Trinajstić information content (AvgIpc) is 2.48. The molecule has 100 valence electrons. The van der Waals surface area contributed by atoms with Crippen molar-refractivity contribution in [3.63, 3.8) is 0 Å². The van der Waals surface area contributed by atoms with E-state index in [1.807, 2.05) is 12.3 Å². The molecule has 19 heavy (non-hydrogen) atoms. The van der Waals surface area contributed by atoms with Crippen LogP contribution in [0.3, 0.4) is 0 Å². The van der Waals surface area contributed by atoms with Crippen LogP contribution in [0.2, 0.25) is 0 Å². The number of nitrogens with one attached hydrogen (secondary N) is 1. The molecule has 0 amide bonds. The van der Waals surface area contributed by atoms with Crippen molar-refractivity contribution in [3.05, 3.63) is 48.3 Å². The summed E-state index contributed by atoms with van der Waals surface area (Å²) in [7, 11) is 1.66. The summed E-state index contributed by atoms with van der Waals surface area (Å²) in [6, 6.07) is 10.4. The second kappa shape index (κ2) is 6.90. The fourth-order valence-corrected chi connectivity index (χ4v) is 2.03. The Bertz CT molecular complexity index is 526. The highest BCUT2D eigenvalue weighted by Gasteiger charge is 2.05. The number of ether oxygens (including phenoxy) is 1. The number of pyridine rings is 1. The zero-order valence-electron chi connectivity index (χ0n) is 11.5. The van der Waals surface area contributed by atoms with Gasteiger partial charge >= 0.3 is 0 Å². The van der Waals surface area contributed by atoms with E-state index < -0.39 is 0 Å². The molecule has 1 N–H and O–H groups in total. The fourth-order valence-electron chi connectivity index (χ4n) is 2.03. The summed E-state index contributed by atoms with van der Waals surface area (Å²) in [5.41, 5.74) is 3.58. The quantitative estimate of drug-likeness (QED) is 0.806. The molecule has 0 saturated carbocycles. The highest BCUT2D eigenvalue weighted by atomic mass is 16.5. The van der Waals surface area contributed by atoms with Gasteiger partial charge in [0, 0.05) is 18.3 Å². The molecule has 0 radical (unpaired) electrons. The Kier molecular flexibility index (Phi) is 4.93. The maximum Gasteiger partial charge on any atom is 0.137 e. The largest absolute Gasteiger partial charge is 0.495 e. The lowest BCUT2D eigenvalue weighted by atomic mass is 10.0. The SMILES string of the molecule is CCCNCc1ccccc1-c1cncc(OC)c1. The average molecular weight is 256 g/mol. The summed E-state index contributed by atoms with van der Waals surface area (Å²) in [6.07, 6.45) is 4.74. The van der Waals surface area contributed by atoms with Gasteiger partial charge in [-0.15, -0.1) is 0 Å². The minimum Gasteiger partial charge on any atom is -0.495 e. The highest BCUT2D eigenvalue weighted by molar-refractivity contribution is 5.67. The zero-order valence-corrected chi connectivity index (χ0v) is 11.5. The molecule has 0 bridgehead atoms. The molecule has 1 heterocycles. The Morgan fingerprint density at radius 2 is 2.05 bits per heavy atom. The van der Waals surface area contributed by atoms with Gasteiger partial charge in [0.25, 0.3) is 0 Å². The van der Waals surface area contributed by atoms with Crippen molar-refractivity contribution in [2.45, 2.75) is 19.9 Å².